The van der Waals surface area contributed by atoms with Gasteiger partial charge in [0, 0.05) is 0 Å². The zero-order valence-corrected chi connectivity index (χ0v) is 14.9. The van der Waals surface area contributed by atoms with Crippen LogP contribution in [-0.2, 0) is 18.8 Å². The predicted molar refractivity (Wildman–Crippen MR) is 80.2 cm³/mol. The molecule has 0 aromatic rings. The van der Waals surface area contributed by atoms with Gasteiger partial charge >= 0.3 is 11.9 Å². The summed E-state index contributed by atoms with van der Waals surface area (Å²) in [6, 6.07) is 0. The Hall–Kier alpha value is -0.883. The zero-order valence-electron chi connectivity index (χ0n) is 13.9. The fourth-order valence-electron chi connectivity index (χ4n) is 1.25. The lowest BCUT2D eigenvalue weighted by atomic mass is 10.2. The van der Waals surface area contributed by atoms with Crippen molar-refractivity contribution >= 4 is 20.3 Å². The number of aliphatic carboxylic acids is 1. The maximum atomic E-state index is 11.8. The Morgan fingerprint density at radius 1 is 1.10 bits per heavy atom. The molecule has 0 heterocycles. The van der Waals surface area contributed by atoms with Crippen LogP contribution in [0.1, 0.15) is 48.0 Å². The molecule has 6 heteroatoms. The highest BCUT2D eigenvalue weighted by Gasteiger charge is 2.41. The summed E-state index contributed by atoms with van der Waals surface area (Å²) in [5.41, 5.74) is -0.628. The smallest absolute Gasteiger partial charge is 0.332 e. The number of carbonyl (C=O) groups is 2. The highest BCUT2D eigenvalue weighted by atomic mass is 28.4. The van der Waals surface area contributed by atoms with Crippen LogP contribution < -0.4 is 0 Å². The van der Waals surface area contributed by atoms with Crippen molar-refractivity contribution in [3.8, 4) is 0 Å². The van der Waals surface area contributed by atoms with Crippen LogP contribution in [0.4, 0.5) is 0 Å². The van der Waals surface area contributed by atoms with Gasteiger partial charge in [0.1, 0.15) is 5.60 Å². The van der Waals surface area contributed by atoms with Gasteiger partial charge in [-0.05, 0) is 38.9 Å². The van der Waals surface area contributed by atoms with Crippen LogP contribution in [0.5, 0.6) is 0 Å². The van der Waals surface area contributed by atoms with Gasteiger partial charge in [-0.25, -0.2) is 4.79 Å². The molecule has 118 valence electrons. The fourth-order valence-corrected chi connectivity index (χ4v) is 2.50. The van der Waals surface area contributed by atoms with Crippen LogP contribution in [0.3, 0.4) is 0 Å². The molecule has 0 amide bonds. The molecule has 0 bridgehead atoms. The summed E-state index contributed by atoms with van der Waals surface area (Å²) in [7, 11) is -2.24. The van der Waals surface area contributed by atoms with Crippen LogP contribution in [0, 0.1) is 0 Å². The van der Waals surface area contributed by atoms with E-state index in [1.807, 2.05) is 33.9 Å². The Labute approximate surface area is 122 Å². The molecule has 20 heavy (non-hydrogen) atoms. The topological polar surface area (TPSA) is 72.8 Å². The summed E-state index contributed by atoms with van der Waals surface area (Å²) in [5.74, 6) is -1.68. The first-order valence-electron chi connectivity index (χ1n) is 6.78. The monoisotopic (exact) mass is 304 g/mol. The van der Waals surface area contributed by atoms with Crippen molar-refractivity contribution in [1.82, 2.24) is 0 Å². The van der Waals surface area contributed by atoms with E-state index < -0.39 is 32.0 Å². The summed E-state index contributed by atoms with van der Waals surface area (Å²) in [5, 5.41) is 9.12. The second-order valence-electron chi connectivity index (χ2n) is 7.50. The van der Waals surface area contributed by atoms with Crippen molar-refractivity contribution in [3.63, 3.8) is 0 Å². The van der Waals surface area contributed by atoms with Crippen molar-refractivity contribution in [2.24, 2.45) is 0 Å². The van der Waals surface area contributed by atoms with Gasteiger partial charge in [-0.3, -0.25) is 4.79 Å². The van der Waals surface area contributed by atoms with Crippen molar-refractivity contribution in [2.75, 3.05) is 0 Å². The zero-order chi connectivity index (χ0) is 16.4. The van der Waals surface area contributed by atoms with E-state index in [-0.39, 0.29) is 11.5 Å². The SMILES string of the molecule is CC(C)(C)OC(=O)CC(O[Si](C)(C)C(C)(C)C)C(=O)O. The van der Waals surface area contributed by atoms with Crippen LogP contribution in [-0.4, -0.2) is 37.1 Å². The van der Waals surface area contributed by atoms with Crippen LogP contribution in [0.15, 0.2) is 0 Å². The van der Waals surface area contributed by atoms with Gasteiger partial charge in [-0.2, -0.15) is 0 Å². The average molecular weight is 304 g/mol. The van der Waals surface area contributed by atoms with Crippen LogP contribution >= 0.6 is 0 Å². The van der Waals surface area contributed by atoms with Crippen LogP contribution in [0.2, 0.25) is 18.1 Å². The Bertz CT molecular complexity index is 363. The molecule has 0 spiro atoms. The molecule has 0 radical (unpaired) electrons. The van der Waals surface area contributed by atoms with E-state index in [9.17, 15) is 14.7 Å². The largest absolute Gasteiger partial charge is 0.479 e. The number of carbonyl (C=O) groups excluding carboxylic acids is 1. The Morgan fingerprint density at radius 3 is 1.85 bits per heavy atom. The number of esters is 1. The number of ether oxygens (including phenoxy) is 1. The fraction of sp³-hybridized carbons (Fsp3) is 0.857. The molecule has 0 saturated carbocycles. The molecule has 0 aliphatic rings. The quantitative estimate of drug-likeness (QED) is 0.624. The lowest BCUT2D eigenvalue weighted by Crippen LogP contribution is -2.47. The van der Waals surface area contributed by atoms with Gasteiger partial charge < -0.3 is 14.3 Å². The Kier molecular flexibility index (Phi) is 5.98. The Morgan fingerprint density at radius 2 is 1.55 bits per heavy atom. The molecule has 1 N–H and O–H groups in total. The number of rotatable bonds is 5. The van der Waals surface area contributed by atoms with Crippen LogP contribution in [0.25, 0.3) is 0 Å². The molecular weight excluding hydrogens is 276 g/mol. The summed E-state index contributed by atoms with van der Waals surface area (Å²) in [4.78, 5) is 23.1. The highest BCUT2D eigenvalue weighted by Crippen LogP contribution is 2.37. The summed E-state index contributed by atoms with van der Waals surface area (Å²) in [6.45, 7) is 15.2. The Balaban J connectivity index is 4.86. The molecule has 1 atom stereocenters. The van der Waals surface area contributed by atoms with E-state index in [4.69, 9.17) is 9.16 Å². The lowest BCUT2D eigenvalue weighted by Gasteiger charge is -2.38. The molecule has 0 rings (SSSR count). The van der Waals surface area contributed by atoms with Gasteiger partial charge in [0.2, 0.25) is 0 Å². The van der Waals surface area contributed by atoms with Gasteiger partial charge in [-0.15, -0.1) is 0 Å². The van der Waals surface area contributed by atoms with E-state index >= 15 is 0 Å². The number of hydrogen-bond donors (Lipinski definition) is 1. The maximum absolute atomic E-state index is 11.8. The summed E-state index contributed by atoms with van der Waals surface area (Å²) < 4.78 is 10.9. The van der Waals surface area contributed by atoms with Crippen molar-refractivity contribution in [1.29, 1.82) is 0 Å². The first kappa shape index (κ1) is 19.1. The molecule has 0 aliphatic carbocycles. The number of carboxylic acids is 1. The number of hydrogen-bond acceptors (Lipinski definition) is 4. The molecule has 0 aromatic heterocycles. The second-order valence-corrected chi connectivity index (χ2v) is 12.3. The molecular formula is C14H28O5Si. The molecule has 1 unspecified atom stereocenters. The molecule has 5 nitrogen and oxygen atoms in total. The second kappa shape index (κ2) is 6.26. The maximum Gasteiger partial charge on any atom is 0.332 e. The molecule has 0 saturated heterocycles. The standard InChI is InChI=1S/C14H28O5Si/c1-13(2,3)18-11(15)9-10(12(16)17)19-20(7,8)14(4,5)6/h10H,9H2,1-8H3,(H,16,17). The average Bonchev–Trinajstić information content (AvgIpc) is 2.10. The molecule has 0 aliphatic heterocycles. The molecule has 0 aromatic carbocycles. The minimum Gasteiger partial charge on any atom is -0.479 e. The third-order valence-electron chi connectivity index (χ3n) is 3.29. The van der Waals surface area contributed by atoms with Gasteiger partial charge in [-0.1, -0.05) is 20.8 Å². The van der Waals surface area contributed by atoms with Crippen molar-refractivity contribution in [2.45, 2.75) is 77.8 Å². The van der Waals surface area contributed by atoms with Gasteiger partial charge in [0.15, 0.2) is 14.4 Å². The predicted octanol–water partition coefficient (Wildman–Crippen LogP) is 3.19. The number of carboxylic acid groups (broad SMARTS) is 1. The van der Waals surface area contributed by atoms with E-state index in [1.54, 1.807) is 20.8 Å². The van der Waals surface area contributed by atoms with E-state index in [1.165, 1.54) is 0 Å². The highest BCUT2D eigenvalue weighted by molar-refractivity contribution is 6.74. The van der Waals surface area contributed by atoms with Gasteiger partial charge in [0.05, 0.1) is 6.42 Å². The molecule has 0 fully saturated rings. The summed E-state index contributed by atoms with van der Waals surface area (Å²) in [6.07, 6.45) is -1.41. The third kappa shape index (κ3) is 6.52. The van der Waals surface area contributed by atoms with E-state index in [2.05, 4.69) is 0 Å². The third-order valence-corrected chi connectivity index (χ3v) is 7.78. The van der Waals surface area contributed by atoms with Crippen molar-refractivity contribution < 1.29 is 23.9 Å². The summed E-state index contributed by atoms with van der Waals surface area (Å²) >= 11 is 0. The van der Waals surface area contributed by atoms with Crippen molar-refractivity contribution in [3.05, 3.63) is 0 Å². The van der Waals surface area contributed by atoms with Gasteiger partial charge in [0.25, 0.3) is 0 Å². The first-order valence-corrected chi connectivity index (χ1v) is 9.69. The lowest BCUT2D eigenvalue weighted by molar-refractivity contribution is -0.162. The normalized spacial score (nSPS) is 14.8. The van der Waals surface area contributed by atoms with E-state index in [0.717, 1.165) is 0 Å². The van der Waals surface area contributed by atoms with E-state index in [0.29, 0.717) is 0 Å². The first-order chi connectivity index (χ1) is 8.66. The minimum absolute atomic E-state index is 0.116. The minimum atomic E-state index is -2.24.